The van der Waals surface area contributed by atoms with E-state index in [-0.39, 0.29) is 12.3 Å². The fourth-order valence-electron chi connectivity index (χ4n) is 1.90. The Balaban J connectivity index is 1.99. The topological polar surface area (TPSA) is 74.6 Å². The van der Waals surface area contributed by atoms with E-state index in [1.165, 1.54) is 38.7 Å². The van der Waals surface area contributed by atoms with E-state index < -0.39 is 18.7 Å². The average Bonchev–Trinajstić information content (AvgIpc) is 3.00. The molecular weight excluding hydrogens is 343 g/mol. The van der Waals surface area contributed by atoms with Gasteiger partial charge in [0, 0.05) is 11.6 Å². The third-order valence-electron chi connectivity index (χ3n) is 2.99. The van der Waals surface area contributed by atoms with Crippen LogP contribution in [0.15, 0.2) is 30.6 Å². The average molecular weight is 359 g/mol. The quantitative estimate of drug-likeness (QED) is 0.823. The number of amides is 1. The van der Waals surface area contributed by atoms with Gasteiger partial charge in [-0.05, 0) is 12.1 Å². The van der Waals surface area contributed by atoms with E-state index in [0.29, 0.717) is 17.2 Å². The van der Waals surface area contributed by atoms with Crippen LogP contribution in [0, 0.1) is 0 Å². The second kappa shape index (κ2) is 7.88. The minimum atomic E-state index is -4.41. The first-order valence-corrected chi connectivity index (χ1v) is 7.02. The van der Waals surface area contributed by atoms with Crippen molar-refractivity contribution < 1.29 is 32.2 Å². The van der Waals surface area contributed by atoms with E-state index in [1.54, 1.807) is 6.07 Å². The molecule has 0 fully saturated rings. The van der Waals surface area contributed by atoms with Gasteiger partial charge >= 0.3 is 6.18 Å². The van der Waals surface area contributed by atoms with Crippen LogP contribution in [0.5, 0.6) is 11.5 Å². The summed E-state index contributed by atoms with van der Waals surface area (Å²) in [5, 5.41) is 6.39. The van der Waals surface area contributed by atoms with Crippen LogP contribution < -0.4 is 14.8 Å². The number of benzene rings is 1. The van der Waals surface area contributed by atoms with E-state index in [9.17, 15) is 18.0 Å². The lowest BCUT2D eigenvalue weighted by atomic mass is 10.2. The first-order valence-electron chi connectivity index (χ1n) is 7.02. The van der Waals surface area contributed by atoms with Crippen LogP contribution in [0.2, 0.25) is 0 Å². The maximum atomic E-state index is 12.3. The molecule has 0 atom stereocenters. The second-order valence-corrected chi connectivity index (χ2v) is 4.92. The van der Waals surface area contributed by atoms with E-state index in [1.807, 2.05) is 0 Å². The predicted octanol–water partition coefficient (Wildman–Crippen LogP) is 2.69. The van der Waals surface area contributed by atoms with Gasteiger partial charge in [0.25, 0.3) is 5.91 Å². The number of carbonyl (C=O) groups is 1. The molecule has 0 saturated carbocycles. The lowest BCUT2D eigenvalue weighted by Crippen LogP contribution is -2.18. The van der Waals surface area contributed by atoms with Gasteiger partial charge in [0.2, 0.25) is 0 Å². The maximum Gasteiger partial charge on any atom is 0.411 e. The molecular formula is C15H16F3N3O4. The molecule has 0 radical (unpaired) electrons. The van der Waals surface area contributed by atoms with Crippen molar-refractivity contribution in [3.8, 4) is 11.5 Å². The predicted molar refractivity (Wildman–Crippen MR) is 81.7 cm³/mol. The molecule has 7 nitrogen and oxygen atoms in total. The lowest BCUT2D eigenvalue weighted by Gasteiger charge is -2.08. The van der Waals surface area contributed by atoms with Gasteiger partial charge < -0.3 is 19.5 Å². The Bertz CT molecular complexity index is 709. The van der Waals surface area contributed by atoms with Gasteiger partial charge in [-0.2, -0.15) is 18.3 Å². The fourth-order valence-corrected chi connectivity index (χ4v) is 1.90. The summed E-state index contributed by atoms with van der Waals surface area (Å²) in [6.45, 7) is -1.76. The minimum Gasteiger partial charge on any atom is -0.497 e. The number of nitrogens with zero attached hydrogens (tertiary/aromatic N) is 2. The molecule has 1 heterocycles. The summed E-state index contributed by atoms with van der Waals surface area (Å²) < 4.78 is 51.8. The van der Waals surface area contributed by atoms with Crippen LogP contribution in [-0.4, -0.2) is 42.7 Å². The highest BCUT2D eigenvalue weighted by atomic mass is 19.4. The molecule has 2 rings (SSSR count). The number of methoxy groups -OCH3 is 2. The molecule has 10 heteroatoms. The van der Waals surface area contributed by atoms with Gasteiger partial charge in [-0.1, -0.05) is 0 Å². The molecule has 0 unspecified atom stereocenters. The lowest BCUT2D eigenvalue weighted by molar-refractivity contribution is -0.182. The number of carbonyl (C=O) groups excluding carboxylic acids is 1. The molecule has 1 N–H and O–H groups in total. The Morgan fingerprint density at radius 1 is 1.20 bits per heavy atom. The monoisotopic (exact) mass is 359 g/mol. The Hall–Kier alpha value is -2.75. The molecule has 0 aliphatic heterocycles. The molecule has 1 amide bonds. The van der Waals surface area contributed by atoms with Crippen molar-refractivity contribution >= 4 is 11.6 Å². The molecule has 0 aliphatic rings. The van der Waals surface area contributed by atoms with E-state index in [4.69, 9.17) is 9.47 Å². The number of halogens is 3. The minimum absolute atomic E-state index is 0.289. The Labute approximate surface area is 141 Å². The van der Waals surface area contributed by atoms with Gasteiger partial charge in [-0.25, -0.2) is 4.68 Å². The normalized spacial score (nSPS) is 11.2. The summed E-state index contributed by atoms with van der Waals surface area (Å²) in [6.07, 6.45) is -1.76. The zero-order valence-corrected chi connectivity index (χ0v) is 13.5. The highest BCUT2D eigenvalue weighted by molar-refractivity contribution is 6.04. The summed E-state index contributed by atoms with van der Waals surface area (Å²) >= 11 is 0. The summed E-state index contributed by atoms with van der Waals surface area (Å²) in [7, 11) is 2.92. The number of nitrogens with one attached hydrogen (secondary N) is 1. The van der Waals surface area contributed by atoms with Gasteiger partial charge in [0.15, 0.2) is 0 Å². The molecule has 0 saturated heterocycles. The summed E-state index contributed by atoms with van der Waals surface area (Å²) in [6, 6.07) is 4.66. The summed E-state index contributed by atoms with van der Waals surface area (Å²) in [4.78, 5) is 12.3. The van der Waals surface area contributed by atoms with E-state index >= 15 is 0 Å². The smallest absolute Gasteiger partial charge is 0.411 e. The van der Waals surface area contributed by atoms with Gasteiger partial charge in [0.1, 0.15) is 24.8 Å². The van der Waals surface area contributed by atoms with Crippen molar-refractivity contribution in [2.24, 2.45) is 0 Å². The largest absolute Gasteiger partial charge is 0.497 e. The molecule has 0 aliphatic carbocycles. The molecule has 0 bridgehead atoms. The highest BCUT2D eigenvalue weighted by Gasteiger charge is 2.27. The number of hydrogen-bond acceptors (Lipinski definition) is 5. The summed E-state index contributed by atoms with van der Waals surface area (Å²) in [5.41, 5.74) is 0.597. The van der Waals surface area contributed by atoms with Crippen molar-refractivity contribution in [2.75, 3.05) is 26.1 Å². The van der Waals surface area contributed by atoms with Crippen LogP contribution in [0.25, 0.3) is 0 Å². The Kier molecular flexibility index (Phi) is 5.86. The first-order chi connectivity index (χ1) is 11.8. The van der Waals surface area contributed by atoms with Gasteiger partial charge in [0.05, 0.1) is 32.3 Å². The molecule has 136 valence electrons. The summed E-state index contributed by atoms with van der Waals surface area (Å²) in [5.74, 6) is 0.439. The number of ether oxygens (including phenoxy) is 3. The van der Waals surface area contributed by atoms with Crippen LogP contribution >= 0.6 is 0 Å². The van der Waals surface area contributed by atoms with Gasteiger partial charge in [-0.15, -0.1) is 0 Å². The van der Waals surface area contributed by atoms with Crippen LogP contribution in [0.3, 0.4) is 0 Å². The molecule has 0 spiro atoms. The Morgan fingerprint density at radius 2 is 1.84 bits per heavy atom. The first kappa shape index (κ1) is 18.6. The van der Waals surface area contributed by atoms with Crippen molar-refractivity contribution in [2.45, 2.75) is 12.9 Å². The molecule has 2 aromatic rings. The third-order valence-corrected chi connectivity index (χ3v) is 2.99. The van der Waals surface area contributed by atoms with Crippen LogP contribution in [0.1, 0.15) is 10.4 Å². The third kappa shape index (κ3) is 5.68. The van der Waals surface area contributed by atoms with E-state index in [2.05, 4.69) is 15.2 Å². The van der Waals surface area contributed by atoms with Gasteiger partial charge in [-0.3, -0.25) is 4.79 Å². The van der Waals surface area contributed by atoms with Crippen LogP contribution in [0.4, 0.5) is 18.9 Å². The van der Waals surface area contributed by atoms with Crippen molar-refractivity contribution in [3.05, 3.63) is 36.2 Å². The number of aromatic nitrogens is 2. The highest BCUT2D eigenvalue weighted by Crippen LogP contribution is 2.23. The second-order valence-electron chi connectivity index (χ2n) is 4.92. The Morgan fingerprint density at radius 3 is 2.40 bits per heavy atom. The number of rotatable bonds is 7. The number of alkyl halides is 3. The van der Waals surface area contributed by atoms with E-state index in [0.717, 1.165) is 4.68 Å². The zero-order chi connectivity index (χ0) is 18.4. The zero-order valence-electron chi connectivity index (χ0n) is 13.5. The number of hydrogen-bond donors (Lipinski definition) is 1. The molecule has 25 heavy (non-hydrogen) atoms. The van der Waals surface area contributed by atoms with Crippen LogP contribution in [-0.2, 0) is 11.5 Å². The molecule has 1 aromatic heterocycles. The maximum absolute atomic E-state index is 12.3. The van der Waals surface area contributed by atoms with Crippen molar-refractivity contribution in [3.63, 3.8) is 0 Å². The van der Waals surface area contributed by atoms with Crippen molar-refractivity contribution in [1.29, 1.82) is 0 Å². The standard InChI is InChI=1S/C15H16F3N3O4/c1-23-12-3-10(4-13(5-12)24-2)14(22)20-11-6-19-21(7-11)9-25-8-15(16,17)18/h3-7H,8-9H2,1-2H3,(H,20,22). The molecule has 1 aromatic carbocycles. The SMILES string of the molecule is COc1cc(OC)cc(C(=O)Nc2cnn(COCC(F)(F)F)c2)c1. The van der Waals surface area contributed by atoms with Crippen molar-refractivity contribution in [1.82, 2.24) is 9.78 Å². The number of anilines is 1. The fraction of sp³-hybridized carbons (Fsp3) is 0.333.